The summed E-state index contributed by atoms with van der Waals surface area (Å²) in [5.74, 6) is -0.941. The Hall–Kier alpha value is -3.75. The average molecular weight is 410 g/mol. The maximum atomic E-state index is 13.1. The summed E-state index contributed by atoms with van der Waals surface area (Å²) in [5.41, 5.74) is 1.67. The summed E-state index contributed by atoms with van der Waals surface area (Å²) >= 11 is 0. The summed E-state index contributed by atoms with van der Waals surface area (Å²) in [7, 11) is 1.49. The minimum Gasteiger partial charge on any atom is -0.332 e. The van der Waals surface area contributed by atoms with E-state index >= 15 is 0 Å². The molecule has 0 bridgehead atoms. The molecule has 30 heavy (non-hydrogen) atoms. The Balaban J connectivity index is 1.81. The highest BCUT2D eigenvalue weighted by molar-refractivity contribution is 6.06. The van der Waals surface area contributed by atoms with Crippen LogP contribution in [0.15, 0.2) is 42.5 Å². The first-order valence-electron chi connectivity index (χ1n) is 9.40. The fourth-order valence-corrected chi connectivity index (χ4v) is 3.53. The van der Waals surface area contributed by atoms with Crippen LogP contribution in [0.1, 0.15) is 29.3 Å². The number of rotatable bonds is 4. The molecular weight excluding hydrogens is 388 g/mol. The first-order chi connectivity index (χ1) is 14.2. The summed E-state index contributed by atoms with van der Waals surface area (Å²) in [5, 5.41) is 13.8. The second-order valence-corrected chi connectivity index (χ2v) is 7.30. The topological polar surface area (TPSA) is 113 Å². The first kappa shape index (κ1) is 21.0. The van der Waals surface area contributed by atoms with Gasteiger partial charge in [0.2, 0.25) is 11.8 Å². The van der Waals surface area contributed by atoms with Crippen LogP contribution in [0.4, 0.5) is 17.1 Å². The van der Waals surface area contributed by atoms with Crippen LogP contribution in [0.5, 0.6) is 0 Å². The van der Waals surface area contributed by atoms with Crippen molar-refractivity contribution in [3.8, 4) is 0 Å². The van der Waals surface area contributed by atoms with Gasteiger partial charge in [0, 0.05) is 36.7 Å². The highest BCUT2D eigenvalue weighted by Crippen LogP contribution is 2.31. The number of amides is 3. The van der Waals surface area contributed by atoms with Crippen molar-refractivity contribution in [2.24, 2.45) is 0 Å². The Labute approximate surface area is 173 Å². The number of hydrogen-bond acceptors (Lipinski definition) is 5. The molecule has 156 valence electrons. The summed E-state index contributed by atoms with van der Waals surface area (Å²) in [6.45, 7) is 3.13. The lowest BCUT2D eigenvalue weighted by molar-refractivity contribution is -0.385. The number of nitro groups is 1. The van der Waals surface area contributed by atoms with Gasteiger partial charge in [0.25, 0.3) is 11.6 Å². The number of carbonyl (C=O) groups excluding carboxylic acids is 3. The van der Waals surface area contributed by atoms with Crippen LogP contribution in [0.2, 0.25) is 0 Å². The lowest BCUT2D eigenvalue weighted by Gasteiger charge is -2.29. The molecule has 1 heterocycles. The zero-order valence-electron chi connectivity index (χ0n) is 16.9. The Morgan fingerprint density at radius 2 is 1.97 bits per heavy atom. The number of nitro benzene ring substituents is 1. The van der Waals surface area contributed by atoms with E-state index in [1.165, 1.54) is 35.0 Å². The lowest BCUT2D eigenvalue weighted by atomic mass is 10.1. The molecule has 1 N–H and O–H groups in total. The zero-order chi connectivity index (χ0) is 22.0. The zero-order valence-corrected chi connectivity index (χ0v) is 16.9. The fourth-order valence-electron chi connectivity index (χ4n) is 3.53. The van der Waals surface area contributed by atoms with Gasteiger partial charge in [-0.1, -0.05) is 12.1 Å². The van der Waals surface area contributed by atoms with Crippen molar-refractivity contribution in [2.45, 2.75) is 26.3 Å². The molecule has 2 aromatic carbocycles. The van der Waals surface area contributed by atoms with Gasteiger partial charge in [-0.05, 0) is 38.1 Å². The Morgan fingerprint density at radius 1 is 1.27 bits per heavy atom. The van der Waals surface area contributed by atoms with E-state index in [1.54, 1.807) is 38.1 Å². The number of hydrogen-bond donors (Lipinski definition) is 1. The van der Waals surface area contributed by atoms with Crippen LogP contribution in [-0.2, 0) is 9.59 Å². The van der Waals surface area contributed by atoms with E-state index in [1.807, 2.05) is 0 Å². The molecule has 0 unspecified atom stereocenters. The SMILES string of the molecule is Cc1cc(C(=O)N(C)CC(=O)N2c3ccccc3NC(=O)C[C@H]2C)ccc1[N+](=O)[O-]. The van der Waals surface area contributed by atoms with Gasteiger partial charge in [-0.25, -0.2) is 0 Å². The van der Waals surface area contributed by atoms with Gasteiger partial charge in [-0.15, -0.1) is 0 Å². The third-order valence-corrected chi connectivity index (χ3v) is 4.99. The number of carbonyl (C=O) groups is 3. The molecule has 3 rings (SSSR count). The molecule has 0 aromatic heterocycles. The number of nitrogens with zero attached hydrogens (tertiary/aromatic N) is 3. The molecule has 2 aromatic rings. The lowest BCUT2D eigenvalue weighted by Crippen LogP contribution is -2.45. The van der Waals surface area contributed by atoms with Crippen LogP contribution in [0.25, 0.3) is 0 Å². The predicted octanol–water partition coefficient (Wildman–Crippen LogP) is 2.74. The van der Waals surface area contributed by atoms with Gasteiger partial charge in [0.15, 0.2) is 0 Å². The first-order valence-corrected chi connectivity index (χ1v) is 9.40. The van der Waals surface area contributed by atoms with Gasteiger partial charge in [0.05, 0.1) is 16.3 Å². The highest BCUT2D eigenvalue weighted by Gasteiger charge is 2.30. The maximum absolute atomic E-state index is 13.1. The van der Waals surface area contributed by atoms with Gasteiger partial charge >= 0.3 is 0 Å². The van der Waals surface area contributed by atoms with E-state index in [9.17, 15) is 24.5 Å². The number of fused-ring (bicyclic) bond motifs is 1. The predicted molar refractivity (Wildman–Crippen MR) is 111 cm³/mol. The van der Waals surface area contributed by atoms with Crippen LogP contribution in [0, 0.1) is 17.0 Å². The fraction of sp³-hybridized carbons (Fsp3) is 0.286. The van der Waals surface area contributed by atoms with Gasteiger partial charge in [0.1, 0.15) is 6.54 Å². The minimum atomic E-state index is -0.510. The van der Waals surface area contributed by atoms with Gasteiger partial charge in [-0.3, -0.25) is 24.5 Å². The largest absolute Gasteiger partial charge is 0.332 e. The molecule has 0 saturated carbocycles. The molecule has 0 spiro atoms. The second kappa shape index (κ2) is 8.32. The summed E-state index contributed by atoms with van der Waals surface area (Å²) < 4.78 is 0. The van der Waals surface area contributed by atoms with E-state index in [4.69, 9.17) is 0 Å². The quantitative estimate of drug-likeness (QED) is 0.615. The monoisotopic (exact) mass is 410 g/mol. The average Bonchev–Trinajstić information content (AvgIpc) is 2.80. The Morgan fingerprint density at radius 3 is 2.63 bits per heavy atom. The third-order valence-electron chi connectivity index (χ3n) is 4.99. The third kappa shape index (κ3) is 4.14. The summed E-state index contributed by atoms with van der Waals surface area (Å²) in [4.78, 5) is 51.2. The van der Waals surface area contributed by atoms with Gasteiger partial charge in [-0.2, -0.15) is 0 Å². The molecular formula is C21H22N4O5. The van der Waals surface area contributed by atoms with Gasteiger partial charge < -0.3 is 15.1 Å². The highest BCUT2D eigenvalue weighted by atomic mass is 16.6. The van der Waals surface area contributed by atoms with Crippen molar-refractivity contribution in [2.75, 3.05) is 23.8 Å². The van der Waals surface area contributed by atoms with E-state index < -0.39 is 10.8 Å². The molecule has 0 saturated heterocycles. The van der Waals surface area contributed by atoms with Crippen molar-refractivity contribution >= 4 is 34.8 Å². The number of likely N-dealkylation sites (N-methyl/N-ethyl adjacent to an activating group) is 1. The second-order valence-electron chi connectivity index (χ2n) is 7.30. The summed E-state index contributed by atoms with van der Waals surface area (Å²) in [6, 6.07) is 10.7. The van der Waals surface area contributed by atoms with Crippen molar-refractivity contribution in [3.05, 3.63) is 63.7 Å². The molecule has 1 aliphatic heterocycles. The van der Waals surface area contributed by atoms with E-state index in [2.05, 4.69) is 5.32 Å². The van der Waals surface area contributed by atoms with E-state index in [0.717, 1.165) is 0 Å². The number of aryl methyl sites for hydroxylation is 1. The maximum Gasteiger partial charge on any atom is 0.272 e. The molecule has 9 nitrogen and oxygen atoms in total. The smallest absolute Gasteiger partial charge is 0.272 e. The molecule has 1 aliphatic rings. The van der Waals surface area contributed by atoms with Crippen molar-refractivity contribution in [1.82, 2.24) is 4.90 Å². The van der Waals surface area contributed by atoms with E-state index in [-0.39, 0.29) is 42.1 Å². The number of para-hydroxylation sites is 2. The Kier molecular flexibility index (Phi) is 5.81. The van der Waals surface area contributed by atoms with E-state index in [0.29, 0.717) is 16.9 Å². The van der Waals surface area contributed by atoms with Crippen molar-refractivity contribution in [1.29, 1.82) is 0 Å². The van der Waals surface area contributed by atoms with Crippen LogP contribution < -0.4 is 10.2 Å². The van der Waals surface area contributed by atoms with Crippen LogP contribution in [-0.4, -0.2) is 47.2 Å². The number of benzene rings is 2. The standard InChI is InChI=1S/C21H22N4O5/c1-13-10-15(8-9-17(13)25(29)30)21(28)23(3)12-20(27)24-14(2)11-19(26)22-16-6-4-5-7-18(16)24/h4-10,14H,11-12H2,1-3H3,(H,22,26)/t14-/m1/s1. The van der Waals surface area contributed by atoms with Crippen molar-refractivity contribution in [3.63, 3.8) is 0 Å². The molecule has 0 aliphatic carbocycles. The van der Waals surface area contributed by atoms with Crippen LogP contribution >= 0.6 is 0 Å². The summed E-state index contributed by atoms with van der Waals surface area (Å²) in [6.07, 6.45) is 0.139. The number of anilines is 2. The molecule has 0 radical (unpaired) electrons. The van der Waals surface area contributed by atoms with Crippen molar-refractivity contribution < 1.29 is 19.3 Å². The normalized spacial score (nSPS) is 15.6. The molecule has 9 heteroatoms. The number of nitrogens with one attached hydrogen (secondary N) is 1. The molecule has 0 fully saturated rings. The molecule has 1 atom stereocenters. The van der Waals surface area contributed by atoms with Crippen LogP contribution in [0.3, 0.4) is 0 Å². The Bertz CT molecular complexity index is 1040. The molecule has 3 amide bonds. The minimum absolute atomic E-state index is 0.0718.